The first-order chi connectivity index (χ1) is 13.1. The van der Waals surface area contributed by atoms with Gasteiger partial charge in [0.05, 0.1) is 12.6 Å². The van der Waals surface area contributed by atoms with Gasteiger partial charge in [0.2, 0.25) is 5.91 Å². The third kappa shape index (κ3) is 4.78. The lowest BCUT2D eigenvalue weighted by Crippen LogP contribution is -2.35. The van der Waals surface area contributed by atoms with Gasteiger partial charge in [0, 0.05) is 37.7 Å². The molecule has 0 bridgehead atoms. The van der Waals surface area contributed by atoms with Crippen molar-refractivity contribution in [3.8, 4) is 5.75 Å². The Kier molecular flexibility index (Phi) is 5.96. The second-order valence-corrected chi connectivity index (χ2v) is 6.56. The average Bonchev–Trinajstić information content (AvgIpc) is 2.66. The Hall–Kier alpha value is -3.02. The van der Waals surface area contributed by atoms with Crippen LogP contribution in [0.5, 0.6) is 5.75 Å². The maximum Gasteiger partial charge on any atom is 0.319 e. The highest BCUT2D eigenvalue weighted by Crippen LogP contribution is 2.31. The van der Waals surface area contributed by atoms with Crippen molar-refractivity contribution in [2.75, 3.05) is 18.5 Å². The van der Waals surface area contributed by atoms with Crippen LogP contribution in [0.2, 0.25) is 0 Å². The summed E-state index contributed by atoms with van der Waals surface area (Å²) in [5.74, 6) is 0.853. The summed E-state index contributed by atoms with van der Waals surface area (Å²) in [6.45, 7) is 5.26. The number of rotatable bonds is 5. The van der Waals surface area contributed by atoms with Gasteiger partial charge in [-0.1, -0.05) is 30.3 Å². The van der Waals surface area contributed by atoms with E-state index in [4.69, 9.17) is 4.74 Å². The standard InChI is InChI=1S/C21H25N3O3/c1-3-24(15(2)25)14-16-7-6-8-17(13-16)22-21(26)23-19-11-12-27-20-10-5-4-9-18(19)20/h4-10,13,19H,3,11-12,14H2,1-2H3,(H2,22,23,26)/t19-/m0/s1. The van der Waals surface area contributed by atoms with E-state index in [1.165, 1.54) is 0 Å². The summed E-state index contributed by atoms with van der Waals surface area (Å²) in [7, 11) is 0. The molecule has 0 saturated heterocycles. The zero-order chi connectivity index (χ0) is 19.2. The van der Waals surface area contributed by atoms with E-state index in [1.54, 1.807) is 11.8 Å². The number of anilines is 1. The highest BCUT2D eigenvalue weighted by Gasteiger charge is 2.22. The number of hydrogen-bond acceptors (Lipinski definition) is 3. The number of carbonyl (C=O) groups is 2. The fourth-order valence-corrected chi connectivity index (χ4v) is 3.23. The number of fused-ring (bicyclic) bond motifs is 1. The number of urea groups is 1. The maximum atomic E-state index is 12.5. The van der Waals surface area contributed by atoms with Gasteiger partial charge in [-0.3, -0.25) is 4.79 Å². The number of para-hydroxylation sites is 1. The molecule has 0 aliphatic carbocycles. The minimum atomic E-state index is -0.257. The zero-order valence-electron chi connectivity index (χ0n) is 15.7. The van der Waals surface area contributed by atoms with E-state index in [0.29, 0.717) is 25.4 Å². The van der Waals surface area contributed by atoms with E-state index < -0.39 is 0 Å². The van der Waals surface area contributed by atoms with Crippen molar-refractivity contribution >= 4 is 17.6 Å². The van der Waals surface area contributed by atoms with Crippen LogP contribution < -0.4 is 15.4 Å². The Morgan fingerprint density at radius 2 is 2.00 bits per heavy atom. The van der Waals surface area contributed by atoms with Crippen LogP contribution in [0.3, 0.4) is 0 Å². The van der Waals surface area contributed by atoms with E-state index in [2.05, 4.69) is 10.6 Å². The van der Waals surface area contributed by atoms with Crippen LogP contribution in [0, 0.1) is 0 Å². The molecule has 0 unspecified atom stereocenters. The summed E-state index contributed by atoms with van der Waals surface area (Å²) in [5, 5.41) is 5.91. The largest absolute Gasteiger partial charge is 0.493 e. The number of nitrogens with one attached hydrogen (secondary N) is 2. The van der Waals surface area contributed by atoms with Crippen LogP contribution in [0.1, 0.15) is 37.4 Å². The summed E-state index contributed by atoms with van der Waals surface area (Å²) in [5.41, 5.74) is 2.67. The molecule has 1 heterocycles. The quantitative estimate of drug-likeness (QED) is 0.846. The Balaban J connectivity index is 1.63. The Labute approximate surface area is 159 Å². The summed E-state index contributed by atoms with van der Waals surface area (Å²) < 4.78 is 5.63. The van der Waals surface area contributed by atoms with Crippen LogP contribution in [0.25, 0.3) is 0 Å². The molecule has 0 fully saturated rings. The topological polar surface area (TPSA) is 70.7 Å². The highest BCUT2D eigenvalue weighted by atomic mass is 16.5. The average molecular weight is 367 g/mol. The molecule has 1 atom stereocenters. The fraction of sp³-hybridized carbons (Fsp3) is 0.333. The van der Waals surface area contributed by atoms with Crippen LogP contribution in [0.4, 0.5) is 10.5 Å². The normalized spacial score (nSPS) is 15.3. The van der Waals surface area contributed by atoms with Crippen molar-refractivity contribution in [1.82, 2.24) is 10.2 Å². The summed E-state index contributed by atoms with van der Waals surface area (Å²) in [6.07, 6.45) is 0.731. The Bertz CT molecular complexity index is 822. The van der Waals surface area contributed by atoms with Crippen molar-refractivity contribution in [2.45, 2.75) is 32.9 Å². The van der Waals surface area contributed by atoms with Crippen LogP contribution >= 0.6 is 0 Å². The van der Waals surface area contributed by atoms with Crippen molar-refractivity contribution < 1.29 is 14.3 Å². The van der Waals surface area contributed by atoms with Gasteiger partial charge in [0.25, 0.3) is 0 Å². The number of ether oxygens (including phenoxy) is 1. The van der Waals surface area contributed by atoms with Crippen molar-refractivity contribution in [3.05, 3.63) is 59.7 Å². The minimum Gasteiger partial charge on any atom is -0.493 e. The number of nitrogens with zero attached hydrogens (tertiary/aromatic N) is 1. The monoisotopic (exact) mass is 367 g/mol. The number of benzene rings is 2. The van der Waals surface area contributed by atoms with Gasteiger partial charge in [-0.15, -0.1) is 0 Å². The van der Waals surface area contributed by atoms with Gasteiger partial charge in [-0.2, -0.15) is 0 Å². The molecule has 1 aliphatic rings. The lowest BCUT2D eigenvalue weighted by atomic mass is 10.0. The summed E-state index contributed by atoms with van der Waals surface area (Å²) in [4.78, 5) is 25.8. The van der Waals surface area contributed by atoms with Crippen LogP contribution in [-0.4, -0.2) is 30.0 Å². The second kappa shape index (κ2) is 8.58. The first-order valence-electron chi connectivity index (χ1n) is 9.20. The van der Waals surface area contributed by atoms with E-state index in [0.717, 1.165) is 23.3 Å². The molecule has 2 aromatic rings. The van der Waals surface area contributed by atoms with Crippen molar-refractivity contribution in [2.24, 2.45) is 0 Å². The Morgan fingerprint density at radius 3 is 2.78 bits per heavy atom. The molecule has 0 aromatic heterocycles. The highest BCUT2D eigenvalue weighted by molar-refractivity contribution is 5.89. The first kappa shape index (κ1) is 18.8. The minimum absolute atomic E-state index is 0.0341. The molecule has 2 aromatic carbocycles. The van der Waals surface area contributed by atoms with Crippen molar-refractivity contribution in [1.29, 1.82) is 0 Å². The zero-order valence-corrected chi connectivity index (χ0v) is 15.7. The van der Waals surface area contributed by atoms with Gasteiger partial charge in [0.15, 0.2) is 0 Å². The van der Waals surface area contributed by atoms with Gasteiger partial charge in [-0.05, 0) is 30.7 Å². The number of carbonyl (C=O) groups excluding carboxylic acids is 2. The molecule has 142 valence electrons. The molecule has 3 amide bonds. The summed E-state index contributed by atoms with van der Waals surface area (Å²) in [6, 6.07) is 15.0. The predicted octanol–water partition coefficient (Wildman–Crippen LogP) is 3.70. The third-order valence-electron chi connectivity index (χ3n) is 4.65. The van der Waals surface area contributed by atoms with Crippen molar-refractivity contribution in [3.63, 3.8) is 0 Å². The van der Waals surface area contributed by atoms with E-state index in [9.17, 15) is 9.59 Å². The molecule has 0 saturated carbocycles. The third-order valence-corrected chi connectivity index (χ3v) is 4.65. The predicted molar refractivity (Wildman–Crippen MR) is 105 cm³/mol. The molecule has 1 aliphatic heterocycles. The molecule has 27 heavy (non-hydrogen) atoms. The SMILES string of the molecule is CCN(Cc1cccc(NC(=O)N[C@H]2CCOc3ccccc32)c1)C(C)=O. The summed E-state index contributed by atoms with van der Waals surface area (Å²) >= 11 is 0. The lowest BCUT2D eigenvalue weighted by molar-refractivity contribution is -0.129. The van der Waals surface area contributed by atoms with Gasteiger partial charge in [-0.25, -0.2) is 4.79 Å². The first-order valence-corrected chi connectivity index (χ1v) is 9.20. The van der Waals surface area contributed by atoms with Gasteiger partial charge < -0.3 is 20.3 Å². The molecular formula is C21H25N3O3. The smallest absolute Gasteiger partial charge is 0.319 e. The van der Waals surface area contributed by atoms with Gasteiger partial charge in [0.1, 0.15) is 5.75 Å². The fourth-order valence-electron chi connectivity index (χ4n) is 3.23. The van der Waals surface area contributed by atoms with E-state index >= 15 is 0 Å². The Morgan fingerprint density at radius 1 is 1.19 bits per heavy atom. The molecule has 0 radical (unpaired) electrons. The number of amides is 3. The number of hydrogen-bond donors (Lipinski definition) is 2. The molecular weight excluding hydrogens is 342 g/mol. The van der Waals surface area contributed by atoms with E-state index in [1.807, 2.05) is 55.5 Å². The van der Waals surface area contributed by atoms with Gasteiger partial charge >= 0.3 is 6.03 Å². The molecule has 0 spiro atoms. The molecule has 6 nitrogen and oxygen atoms in total. The molecule has 6 heteroatoms. The van der Waals surface area contributed by atoms with E-state index in [-0.39, 0.29) is 18.0 Å². The van der Waals surface area contributed by atoms with Crippen LogP contribution in [0.15, 0.2) is 48.5 Å². The lowest BCUT2D eigenvalue weighted by Gasteiger charge is -2.26. The second-order valence-electron chi connectivity index (χ2n) is 6.56. The molecule has 2 N–H and O–H groups in total. The van der Waals surface area contributed by atoms with Crippen LogP contribution in [-0.2, 0) is 11.3 Å². The maximum absolute atomic E-state index is 12.5. The molecule has 3 rings (SSSR count).